The van der Waals surface area contributed by atoms with Crippen LogP contribution in [0.3, 0.4) is 0 Å². The first-order chi connectivity index (χ1) is 8.62. The molecular formula is C16H19NO. The first kappa shape index (κ1) is 12.8. The fourth-order valence-electron chi connectivity index (χ4n) is 2.10. The third kappa shape index (κ3) is 2.96. The number of hydrogen-bond donors (Lipinski definition) is 1. The standard InChI is InChI=1S/C16H19NO/c1-3-13-4-6-15(7-5-13)16(2,18)12-14-8-10-17-11-9-14/h4-11,18H,3,12H2,1-2H3. The second-order valence-electron chi connectivity index (χ2n) is 4.86. The Balaban J connectivity index is 2.19. The summed E-state index contributed by atoms with van der Waals surface area (Å²) < 4.78 is 0. The van der Waals surface area contributed by atoms with Crippen LogP contribution in [0.1, 0.15) is 30.5 Å². The zero-order valence-electron chi connectivity index (χ0n) is 10.9. The lowest BCUT2D eigenvalue weighted by atomic mass is 9.89. The first-order valence-corrected chi connectivity index (χ1v) is 6.32. The van der Waals surface area contributed by atoms with Gasteiger partial charge in [-0.25, -0.2) is 0 Å². The number of rotatable bonds is 4. The summed E-state index contributed by atoms with van der Waals surface area (Å²) in [5.41, 5.74) is 2.50. The van der Waals surface area contributed by atoms with E-state index in [9.17, 15) is 5.11 Å². The summed E-state index contributed by atoms with van der Waals surface area (Å²) in [6, 6.07) is 12.1. The van der Waals surface area contributed by atoms with Gasteiger partial charge in [0.15, 0.2) is 0 Å². The van der Waals surface area contributed by atoms with Crippen LogP contribution in [0.4, 0.5) is 0 Å². The second-order valence-corrected chi connectivity index (χ2v) is 4.86. The molecule has 0 spiro atoms. The SMILES string of the molecule is CCc1ccc(C(C)(O)Cc2ccncc2)cc1. The number of nitrogens with zero attached hydrogens (tertiary/aromatic N) is 1. The van der Waals surface area contributed by atoms with Gasteiger partial charge in [0.05, 0.1) is 5.60 Å². The van der Waals surface area contributed by atoms with Crippen LogP contribution in [-0.4, -0.2) is 10.1 Å². The summed E-state index contributed by atoms with van der Waals surface area (Å²) in [5.74, 6) is 0. The molecule has 0 saturated heterocycles. The van der Waals surface area contributed by atoms with E-state index in [0.29, 0.717) is 6.42 Å². The highest BCUT2D eigenvalue weighted by atomic mass is 16.3. The Labute approximate surface area is 108 Å². The van der Waals surface area contributed by atoms with Gasteiger partial charge in [-0.15, -0.1) is 0 Å². The third-order valence-electron chi connectivity index (χ3n) is 3.28. The van der Waals surface area contributed by atoms with E-state index in [1.165, 1.54) is 5.56 Å². The molecule has 0 aliphatic heterocycles. The second kappa shape index (κ2) is 5.32. The van der Waals surface area contributed by atoms with Crippen molar-refractivity contribution in [2.75, 3.05) is 0 Å². The van der Waals surface area contributed by atoms with E-state index < -0.39 is 5.60 Å². The predicted molar refractivity (Wildman–Crippen MR) is 73.3 cm³/mol. The lowest BCUT2D eigenvalue weighted by Crippen LogP contribution is -2.24. The molecule has 2 aromatic rings. The highest BCUT2D eigenvalue weighted by Crippen LogP contribution is 2.25. The maximum atomic E-state index is 10.6. The molecule has 1 N–H and O–H groups in total. The number of benzene rings is 1. The summed E-state index contributed by atoms with van der Waals surface area (Å²) in [4.78, 5) is 3.99. The summed E-state index contributed by atoms with van der Waals surface area (Å²) in [7, 11) is 0. The van der Waals surface area contributed by atoms with Gasteiger partial charge in [-0.05, 0) is 42.2 Å². The molecule has 0 saturated carbocycles. The molecule has 0 radical (unpaired) electrons. The highest BCUT2D eigenvalue weighted by molar-refractivity contribution is 5.28. The monoisotopic (exact) mass is 241 g/mol. The molecule has 2 rings (SSSR count). The number of pyridine rings is 1. The molecular weight excluding hydrogens is 222 g/mol. The maximum Gasteiger partial charge on any atom is 0.0908 e. The molecule has 18 heavy (non-hydrogen) atoms. The first-order valence-electron chi connectivity index (χ1n) is 6.32. The summed E-state index contributed by atoms with van der Waals surface area (Å²) in [6.45, 7) is 3.98. The third-order valence-corrected chi connectivity index (χ3v) is 3.28. The van der Waals surface area contributed by atoms with Crippen molar-refractivity contribution in [2.45, 2.75) is 32.3 Å². The minimum absolute atomic E-state index is 0.598. The summed E-state index contributed by atoms with van der Waals surface area (Å²) in [5, 5.41) is 10.6. The van der Waals surface area contributed by atoms with Crippen LogP contribution in [0.2, 0.25) is 0 Å². The Morgan fingerprint density at radius 2 is 1.61 bits per heavy atom. The van der Waals surface area contributed by atoms with Gasteiger partial charge < -0.3 is 5.11 Å². The van der Waals surface area contributed by atoms with Gasteiger partial charge in [0.25, 0.3) is 0 Å². The molecule has 0 bridgehead atoms. The van der Waals surface area contributed by atoms with Crippen LogP contribution in [0.25, 0.3) is 0 Å². The van der Waals surface area contributed by atoms with Crippen molar-refractivity contribution in [3.05, 3.63) is 65.5 Å². The minimum atomic E-state index is -0.840. The molecule has 0 amide bonds. The van der Waals surface area contributed by atoms with Crippen LogP contribution >= 0.6 is 0 Å². The van der Waals surface area contributed by atoms with Crippen molar-refractivity contribution in [3.63, 3.8) is 0 Å². The van der Waals surface area contributed by atoms with Gasteiger partial charge in [0.2, 0.25) is 0 Å². The Morgan fingerprint density at radius 1 is 1.00 bits per heavy atom. The van der Waals surface area contributed by atoms with Crippen molar-refractivity contribution in [2.24, 2.45) is 0 Å². The number of hydrogen-bond acceptors (Lipinski definition) is 2. The summed E-state index contributed by atoms with van der Waals surface area (Å²) >= 11 is 0. The average molecular weight is 241 g/mol. The fourth-order valence-corrected chi connectivity index (χ4v) is 2.10. The van der Waals surface area contributed by atoms with Gasteiger partial charge in [-0.2, -0.15) is 0 Å². The van der Waals surface area contributed by atoms with E-state index in [-0.39, 0.29) is 0 Å². The van der Waals surface area contributed by atoms with E-state index in [4.69, 9.17) is 0 Å². The van der Waals surface area contributed by atoms with E-state index in [0.717, 1.165) is 17.5 Å². The molecule has 1 aromatic carbocycles. The molecule has 0 fully saturated rings. The largest absolute Gasteiger partial charge is 0.385 e. The number of aliphatic hydroxyl groups is 1. The number of aromatic nitrogens is 1. The van der Waals surface area contributed by atoms with Gasteiger partial charge >= 0.3 is 0 Å². The van der Waals surface area contributed by atoms with Crippen LogP contribution in [-0.2, 0) is 18.4 Å². The van der Waals surface area contributed by atoms with E-state index in [1.54, 1.807) is 12.4 Å². The predicted octanol–water partition coefficient (Wildman–Crippen LogP) is 3.09. The van der Waals surface area contributed by atoms with Crippen molar-refractivity contribution in [1.82, 2.24) is 4.98 Å². The van der Waals surface area contributed by atoms with Gasteiger partial charge in [-0.1, -0.05) is 31.2 Å². The Hall–Kier alpha value is -1.67. The lowest BCUT2D eigenvalue weighted by Gasteiger charge is -2.24. The smallest absolute Gasteiger partial charge is 0.0908 e. The van der Waals surface area contributed by atoms with Crippen LogP contribution in [0.5, 0.6) is 0 Å². The van der Waals surface area contributed by atoms with E-state index in [1.807, 2.05) is 31.2 Å². The Morgan fingerprint density at radius 3 is 2.17 bits per heavy atom. The zero-order chi connectivity index (χ0) is 13.0. The van der Waals surface area contributed by atoms with Crippen LogP contribution in [0, 0.1) is 0 Å². The van der Waals surface area contributed by atoms with Crippen molar-refractivity contribution >= 4 is 0 Å². The molecule has 1 unspecified atom stereocenters. The summed E-state index contributed by atoms with van der Waals surface area (Å²) in [6.07, 6.45) is 5.13. The van der Waals surface area contributed by atoms with E-state index in [2.05, 4.69) is 24.0 Å². The molecule has 2 heteroatoms. The Kier molecular flexibility index (Phi) is 3.78. The molecule has 94 valence electrons. The van der Waals surface area contributed by atoms with Crippen molar-refractivity contribution in [3.8, 4) is 0 Å². The maximum absolute atomic E-state index is 10.6. The molecule has 2 nitrogen and oxygen atoms in total. The van der Waals surface area contributed by atoms with Gasteiger partial charge in [0.1, 0.15) is 0 Å². The van der Waals surface area contributed by atoms with Crippen LogP contribution < -0.4 is 0 Å². The zero-order valence-corrected chi connectivity index (χ0v) is 10.9. The van der Waals surface area contributed by atoms with Crippen molar-refractivity contribution < 1.29 is 5.11 Å². The van der Waals surface area contributed by atoms with E-state index >= 15 is 0 Å². The normalized spacial score (nSPS) is 14.2. The quantitative estimate of drug-likeness (QED) is 0.892. The number of aryl methyl sites for hydroxylation is 1. The minimum Gasteiger partial charge on any atom is -0.385 e. The highest BCUT2D eigenvalue weighted by Gasteiger charge is 2.23. The van der Waals surface area contributed by atoms with Gasteiger partial charge in [-0.3, -0.25) is 4.98 Å². The molecule has 1 aromatic heterocycles. The molecule has 0 aliphatic rings. The van der Waals surface area contributed by atoms with Crippen molar-refractivity contribution in [1.29, 1.82) is 0 Å². The molecule has 0 aliphatic carbocycles. The van der Waals surface area contributed by atoms with Crippen LogP contribution in [0.15, 0.2) is 48.8 Å². The fraction of sp³-hybridized carbons (Fsp3) is 0.312. The Bertz CT molecular complexity index is 488. The topological polar surface area (TPSA) is 33.1 Å². The lowest BCUT2D eigenvalue weighted by molar-refractivity contribution is 0.0576. The average Bonchev–Trinajstić information content (AvgIpc) is 2.39. The molecule has 1 atom stereocenters. The molecule has 1 heterocycles. The van der Waals surface area contributed by atoms with Gasteiger partial charge in [0, 0.05) is 18.8 Å².